The monoisotopic (exact) mass is 407 g/mol. The van der Waals surface area contributed by atoms with Crippen LogP contribution in [0.15, 0.2) is 12.4 Å². The fourth-order valence-corrected chi connectivity index (χ4v) is 3.89. The molecule has 3 rings (SSSR count). The fraction of sp³-hybridized carbons (Fsp3) is 0.765. The maximum Gasteiger partial charge on any atom is 0.227 e. The van der Waals surface area contributed by atoms with Crippen LogP contribution >= 0.6 is 24.8 Å². The van der Waals surface area contributed by atoms with E-state index in [2.05, 4.69) is 27.1 Å². The maximum atomic E-state index is 13.1. The standard InChI is InChI=1S/C17H29N5O2.2ClH/c1-13-11-22(5-4-21(13)6-7-24-3)17(23)16-10-18-9-15(16)14-8-19-20(2)12-14;;/h8,12-13,15-16,18H,4-7,9-11H2,1-3H3;2*1H/t13?,15-,16+;;/m1../s1. The van der Waals surface area contributed by atoms with Crippen molar-refractivity contribution in [2.24, 2.45) is 13.0 Å². The van der Waals surface area contributed by atoms with Gasteiger partial charge in [-0.05, 0) is 12.5 Å². The summed E-state index contributed by atoms with van der Waals surface area (Å²) in [6.07, 6.45) is 3.92. The predicted molar refractivity (Wildman–Crippen MR) is 106 cm³/mol. The molecule has 2 saturated heterocycles. The summed E-state index contributed by atoms with van der Waals surface area (Å²) in [7, 11) is 3.65. The van der Waals surface area contributed by atoms with Crippen molar-refractivity contribution in [1.29, 1.82) is 0 Å². The molecule has 0 aliphatic carbocycles. The largest absolute Gasteiger partial charge is 0.383 e. The minimum atomic E-state index is 0. The lowest BCUT2D eigenvalue weighted by molar-refractivity contribution is -0.138. The van der Waals surface area contributed by atoms with Crippen molar-refractivity contribution >= 4 is 30.7 Å². The van der Waals surface area contributed by atoms with Crippen LogP contribution in [0.2, 0.25) is 0 Å². The first-order chi connectivity index (χ1) is 11.6. The third-order valence-electron chi connectivity index (χ3n) is 5.34. The number of aryl methyl sites for hydroxylation is 1. The Morgan fingerprint density at radius 2 is 2.12 bits per heavy atom. The molecule has 2 aliphatic heterocycles. The van der Waals surface area contributed by atoms with Crippen LogP contribution in [0.3, 0.4) is 0 Å². The molecule has 0 radical (unpaired) electrons. The molecule has 2 aliphatic rings. The highest BCUT2D eigenvalue weighted by Crippen LogP contribution is 2.30. The van der Waals surface area contributed by atoms with Gasteiger partial charge in [-0.25, -0.2) is 0 Å². The van der Waals surface area contributed by atoms with Crippen LogP contribution in [0, 0.1) is 5.92 Å². The summed E-state index contributed by atoms with van der Waals surface area (Å²) in [6, 6.07) is 0.379. The number of nitrogens with one attached hydrogen (secondary N) is 1. The molecule has 26 heavy (non-hydrogen) atoms. The van der Waals surface area contributed by atoms with Crippen LogP contribution in [-0.4, -0.2) is 84.5 Å². The summed E-state index contributed by atoms with van der Waals surface area (Å²) in [5.41, 5.74) is 1.16. The Morgan fingerprint density at radius 3 is 2.73 bits per heavy atom. The second-order valence-corrected chi connectivity index (χ2v) is 6.98. The van der Waals surface area contributed by atoms with Gasteiger partial charge in [0.15, 0.2) is 0 Å². The van der Waals surface area contributed by atoms with Gasteiger partial charge in [-0.1, -0.05) is 0 Å². The van der Waals surface area contributed by atoms with Gasteiger partial charge in [-0.3, -0.25) is 14.4 Å². The molecule has 0 bridgehead atoms. The van der Waals surface area contributed by atoms with E-state index in [9.17, 15) is 4.79 Å². The molecular formula is C17H31Cl2N5O2. The van der Waals surface area contributed by atoms with E-state index in [1.165, 1.54) is 0 Å². The lowest BCUT2D eigenvalue weighted by atomic mass is 9.89. The Hall–Kier alpha value is -0.860. The number of carbonyl (C=O) groups excluding carboxylic acids is 1. The predicted octanol–water partition coefficient (Wildman–Crippen LogP) is 0.746. The first-order valence-corrected chi connectivity index (χ1v) is 8.81. The Bertz CT molecular complexity index is 571. The van der Waals surface area contributed by atoms with Gasteiger partial charge in [-0.2, -0.15) is 5.10 Å². The van der Waals surface area contributed by atoms with Crippen LogP contribution in [0.25, 0.3) is 0 Å². The Kier molecular flexibility index (Phi) is 9.33. The Morgan fingerprint density at radius 1 is 1.35 bits per heavy atom. The summed E-state index contributed by atoms with van der Waals surface area (Å²) < 4.78 is 6.99. The van der Waals surface area contributed by atoms with Crippen molar-refractivity contribution < 1.29 is 9.53 Å². The molecule has 1 amide bonds. The minimum absolute atomic E-state index is 0. The van der Waals surface area contributed by atoms with Crippen molar-refractivity contribution in [3.63, 3.8) is 0 Å². The SMILES string of the molecule is COCCN1CCN(C(=O)[C@H]2CNC[C@@H]2c2cnn(C)c2)CC1C.Cl.Cl. The Labute approximate surface area is 168 Å². The first kappa shape index (κ1) is 23.2. The molecule has 150 valence electrons. The highest BCUT2D eigenvalue weighted by molar-refractivity contribution is 5.85. The van der Waals surface area contributed by atoms with Gasteiger partial charge in [0.1, 0.15) is 0 Å². The average Bonchev–Trinajstić information content (AvgIpc) is 3.21. The summed E-state index contributed by atoms with van der Waals surface area (Å²) in [5, 5.41) is 7.65. The molecule has 7 nitrogen and oxygen atoms in total. The van der Waals surface area contributed by atoms with Crippen molar-refractivity contribution in [3.8, 4) is 0 Å². The topological polar surface area (TPSA) is 62.6 Å². The second kappa shape index (κ2) is 10.5. The number of hydrogen-bond donors (Lipinski definition) is 1. The van der Waals surface area contributed by atoms with Crippen molar-refractivity contribution in [3.05, 3.63) is 18.0 Å². The van der Waals surface area contributed by atoms with E-state index in [4.69, 9.17) is 4.74 Å². The van der Waals surface area contributed by atoms with E-state index in [1.807, 2.05) is 24.1 Å². The quantitative estimate of drug-likeness (QED) is 0.779. The summed E-state index contributed by atoms with van der Waals surface area (Å²) in [5.74, 6) is 0.534. The molecular weight excluding hydrogens is 377 g/mol. The van der Waals surface area contributed by atoms with E-state index in [0.29, 0.717) is 6.04 Å². The zero-order chi connectivity index (χ0) is 17.1. The minimum Gasteiger partial charge on any atom is -0.383 e. The van der Waals surface area contributed by atoms with Crippen LogP contribution in [-0.2, 0) is 16.6 Å². The number of ether oxygens (including phenoxy) is 1. The van der Waals surface area contributed by atoms with Gasteiger partial charge >= 0.3 is 0 Å². The Balaban J connectivity index is 0.00000169. The van der Waals surface area contributed by atoms with E-state index < -0.39 is 0 Å². The number of carbonyl (C=O) groups is 1. The molecule has 3 atom stereocenters. The maximum absolute atomic E-state index is 13.1. The zero-order valence-corrected chi connectivity index (χ0v) is 17.4. The summed E-state index contributed by atoms with van der Waals surface area (Å²) in [4.78, 5) is 17.5. The van der Waals surface area contributed by atoms with Crippen molar-refractivity contribution in [1.82, 2.24) is 24.9 Å². The number of amides is 1. The number of piperazine rings is 1. The van der Waals surface area contributed by atoms with E-state index in [-0.39, 0.29) is 42.6 Å². The van der Waals surface area contributed by atoms with Crippen molar-refractivity contribution in [2.45, 2.75) is 18.9 Å². The highest BCUT2D eigenvalue weighted by atomic mass is 35.5. The van der Waals surface area contributed by atoms with Crippen LogP contribution < -0.4 is 5.32 Å². The van der Waals surface area contributed by atoms with E-state index in [1.54, 1.807) is 7.11 Å². The number of nitrogens with zero attached hydrogens (tertiary/aromatic N) is 4. The lowest BCUT2D eigenvalue weighted by Crippen LogP contribution is -2.55. The first-order valence-electron chi connectivity index (χ1n) is 8.81. The number of aromatic nitrogens is 2. The lowest BCUT2D eigenvalue weighted by Gasteiger charge is -2.41. The van der Waals surface area contributed by atoms with Crippen LogP contribution in [0.1, 0.15) is 18.4 Å². The van der Waals surface area contributed by atoms with Gasteiger partial charge in [0, 0.05) is 71.6 Å². The molecule has 1 N–H and O–H groups in total. The molecule has 2 fully saturated rings. The average molecular weight is 408 g/mol. The smallest absolute Gasteiger partial charge is 0.227 e. The van der Waals surface area contributed by atoms with E-state index >= 15 is 0 Å². The molecule has 9 heteroatoms. The fourth-order valence-electron chi connectivity index (χ4n) is 3.89. The third kappa shape index (κ3) is 5.10. The van der Waals surface area contributed by atoms with Crippen molar-refractivity contribution in [2.75, 3.05) is 53.0 Å². The molecule has 0 spiro atoms. The molecule has 1 unspecified atom stereocenters. The van der Waals surface area contributed by atoms with Gasteiger partial charge < -0.3 is 15.0 Å². The molecule has 0 aromatic carbocycles. The van der Waals surface area contributed by atoms with E-state index in [0.717, 1.165) is 51.4 Å². The third-order valence-corrected chi connectivity index (χ3v) is 5.34. The molecule has 1 aromatic heterocycles. The zero-order valence-electron chi connectivity index (χ0n) is 15.8. The van der Waals surface area contributed by atoms with Gasteiger partial charge in [0.25, 0.3) is 0 Å². The van der Waals surface area contributed by atoms with Crippen LogP contribution in [0.4, 0.5) is 0 Å². The highest BCUT2D eigenvalue weighted by Gasteiger charge is 2.38. The molecule has 3 heterocycles. The molecule has 1 aromatic rings. The van der Waals surface area contributed by atoms with Gasteiger partial charge in [-0.15, -0.1) is 24.8 Å². The summed E-state index contributed by atoms with van der Waals surface area (Å²) in [6.45, 7) is 8.02. The number of methoxy groups -OCH3 is 1. The number of halogens is 2. The number of rotatable bonds is 5. The number of hydrogen-bond acceptors (Lipinski definition) is 5. The van der Waals surface area contributed by atoms with Gasteiger partial charge in [0.2, 0.25) is 5.91 Å². The second-order valence-electron chi connectivity index (χ2n) is 6.98. The summed E-state index contributed by atoms with van der Waals surface area (Å²) >= 11 is 0. The van der Waals surface area contributed by atoms with Gasteiger partial charge in [0.05, 0.1) is 18.7 Å². The van der Waals surface area contributed by atoms with Crippen LogP contribution in [0.5, 0.6) is 0 Å². The molecule has 0 saturated carbocycles. The normalized spacial score (nSPS) is 26.3.